The summed E-state index contributed by atoms with van der Waals surface area (Å²) in [5, 5.41) is 26.1. The number of rotatable bonds is 9. The lowest BCUT2D eigenvalue weighted by Gasteiger charge is -2.14. The second-order valence-corrected chi connectivity index (χ2v) is 9.82. The molecule has 43 heavy (non-hydrogen) atoms. The molecule has 0 aliphatic heterocycles. The molecule has 1 atom stereocenters. The Morgan fingerprint density at radius 3 is 2.49 bits per heavy atom. The average Bonchev–Trinajstić information content (AvgIpc) is 3.38. The van der Waals surface area contributed by atoms with E-state index in [0.29, 0.717) is 21.4 Å². The van der Waals surface area contributed by atoms with Gasteiger partial charge in [-0.25, -0.2) is 27.8 Å². The van der Waals surface area contributed by atoms with E-state index in [0.717, 1.165) is 22.9 Å². The van der Waals surface area contributed by atoms with Gasteiger partial charge in [-0.15, -0.1) is 0 Å². The first kappa shape index (κ1) is 29.1. The maximum Gasteiger partial charge on any atom is 0.352 e. The van der Waals surface area contributed by atoms with Crippen LogP contribution < -0.4 is 26.6 Å². The monoisotopic (exact) mass is 592 g/mol. The molecule has 0 radical (unpaired) electrons. The number of nitrogens with zero attached hydrogens (tertiary/aromatic N) is 5. The lowest BCUT2D eigenvalue weighted by molar-refractivity contribution is 0.101. The minimum absolute atomic E-state index is 0.0195. The van der Waals surface area contributed by atoms with Crippen molar-refractivity contribution in [3.8, 4) is 17.2 Å². The summed E-state index contributed by atoms with van der Waals surface area (Å²) in [4.78, 5) is 43.5. The fourth-order valence-corrected chi connectivity index (χ4v) is 4.15. The third kappa shape index (κ3) is 5.83. The van der Waals surface area contributed by atoms with Crippen LogP contribution >= 0.6 is 0 Å². The van der Waals surface area contributed by atoms with Crippen LogP contribution in [-0.2, 0) is 0 Å². The molecule has 1 amide bonds. The summed E-state index contributed by atoms with van der Waals surface area (Å²) < 4.78 is 36.1. The summed E-state index contributed by atoms with van der Waals surface area (Å²) >= 11 is 0. The second-order valence-electron chi connectivity index (χ2n) is 9.82. The molecule has 0 saturated carbocycles. The first-order valence-electron chi connectivity index (χ1n) is 13.1. The Morgan fingerprint density at radius 1 is 1.07 bits per heavy atom. The highest BCUT2D eigenvalue weighted by Gasteiger charge is 2.23. The van der Waals surface area contributed by atoms with E-state index in [4.69, 9.17) is 4.74 Å². The largest absolute Gasteiger partial charge is 0.453 e. The first-order chi connectivity index (χ1) is 20.6. The minimum atomic E-state index is -1.03. The third-order valence-electron chi connectivity index (χ3n) is 6.28. The number of aliphatic hydroxyl groups excluding tert-OH is 1. The number of ether oxygens (including phenoxy) is 1. The van der Waals surface area contributed by atoms with E-state index in [1.807, 2.05) is 0 Å². The molecule has 3 heterocycles. The summed E-state index contributed by atoms with van der Waals surface area (Å²) in [7, 11) is 0. The molecule has 2 aromatic carbocycles. The molecule has 222 valence electrons. The predicted octanol–water partition coefficient (Wildman–Crippen LogP) is 3.36. The molecule has 4 N–H and O–H groups in total. The van der Waals surface area contributed by atoms with E-state index in [1.165, 1.54) is 36.5 Å². The summed E-state index contributed by atoms with van der Waals surface area (Å²) in [6.45, 7) is 4.86. The molecule has 5 rings (SSSR count). The van der Waals surface area contributed by atoms with Gasteiger partial charge in [0, 0.05) is 30.1 Å². The number of hydrogen-bond donors (Lipinski definition) is 4. The molecule has 0 unspecified atom stereocenters. The molecular weight excluding hydrogens is 566 g/mol. The number of halogens is 2. The van der Waals surface area contributed by atoms with E-state index < -0.39 is 40.5 Å². The normalized spacial score (nSPS) is 12.0. The molecule has 0 aliphatic carbocycles. The van der Waals surface area contributed by atoms with E-state index >= 15 is 4.39 Å². The van der Waals surface area contributed by atoms with Gasteiger partial charge in [-0.2, -0.15) is 10.2 Å². The molecule has 3 aromatic heterocycles. The highest BCUT2D eigenvalue weighted by atomic mass is 19.1. The van der Waals surface area contributed by atoms with Gasteiger partial charge in [-0.3, -0.25) is 14.7 Å². The number of carbonyl (C=O) groups is 1. The Bertz CT molecular complexity index is 1940. The van der Waals surface area contributed by atoms with Crippen molar-refractivity contribution in [2.75, 3.05) is 17.2 Å². The van der Waals surface area contributed by atoms with Crippen molar-refractivity contribution in [1.29, 1.82) is 0 Å². The SMILES string of the molecule is CC(C)n1nc(C(=O)Nc2ccc(Oc3ccnc4[nH]nc(N[C@@H](C)CO)c34)c(F)c2)c(=O)n(-c2ccc(F)cc2)c1=O. The molecule has 0 fully saturated rings. The topological polar surface area (TPSA) is 169 Å². The Hall–Kier alpha value is -5.44. The number of aromatic nitrogens is 6. The summed E-state index contributed by atoms with van der Waals surface area (Å²) in [5.41, 5.74) is -2.09. The second kappa shape index (κ2) is 11.8. The van der Waals surface area contributed by atoms with Crippen molar-refractivity contribution in [2.45, 2.75) is 32.9 Å². The highest BCUT2D eigenvalue weighted by Crippen LogP contribution is 2.34. The zero-order valence-corrected chi connectivity index (χ0v) is 23.1. The fraction of sp³-hybridized carbons (Fsp3) is 0.214. The maximum atomic E-state index is 15.2. The minimum Gasteiger partial charge on any atom is -0.453 e. The van der Waals surface area contributed by atoms with Gasteiger partial charge >= 0.3 is 5.69 Å². The number of benzene rings is 2. The smallest absolute Gasteiger partial charge is 0.352 e. The number of amides is 1. The van der Waals surface area contributed by atoms with Crippen LogP contribution in [0.5, 0.6) is 11.5 Å². The van der Waals surface area contributed by atoms with Gasteiger partial charge in [0.2, 0.25) is 5.69 Å². The Labute approximate surface area is 241 Å². The van der Waals surface area contributed by atoms with E-state index in [-0.39, 0.29) is 35.5 Å². The number of aliphatic hydroxyl groups is 1. The van der Waals surface area contributed by atoms with Crippen LogP contribution in [0.15, 0.2) is 64.3 Å². The number of pyridine rings is 1. The van der Waals surface area contributed by atoms with Crippen molar-refractivity contribution >= 4 is 28.4 Å². The van der Waals surface area contributed by atoms with Crippen LogP contribution in [0.3, 0.4) is 0 Å². The number of fused-ring (bicyclic) bond motifs is 1. The highest BCUT2D eigenvalue weighted by molar-refractivity contribution is 6.02. The van der Waals surface area contributed by atoms with Crippen LogP contribution in [0.2, 0.25) is 0 Å². The van der Waals surface area contributed by atoms with Crippen molar-refractivity contribution in [3.63, 3.8) is 0 Å². The molecule has 0 bridgehead atoms. The van der Waals surface area contributed by atoms with Crippen LogP contribution in [0.25, 0.3) is 16.7 Å². The van der Waals surface area contributed by atoms with Crippen molar-refractivity contribution in [1.82, 2.24) is 29.5 Å². The van der Waals surface area contributed by atoms with E-state index in [9.17, 15) is 23.9 Å². The number of anilines is 2. The van der Waals surface area contributed by atoms with E-state index in [1.54, 1.807) is 20.8 Å². The Balaban J connectivity index is 1.44. The van der Waals surface area contributed by atoms with Gasteiger partial charge in [-0.05, 0) is 57.2 Å². The van der Waals surface area contributed by atoms with Gasteiger partial charge in [0.15, 0.2) is 23.0 Å². The molecule has 5 aromatic rings. The molecule has 0 aliphatic rings. The van der Waals surface area contributed by atoms with Crippen molar-refractivity contribution in [2.24, 2.45) is 0 Å². The molecule has 13 nitrogen and oxygen atoms in total. The number of nitrogens with one attached hydrogen (secondary N) is 3. The van der Waals surface area contributed by atoms with Gasteiger partial charge in [-0.1, -0.05) is 0 Å². The summed E-state index contributed by atoms with van der Waals surface area (Å²) in [6, 6.07) is 8.89. The van der Waals surface area contributed by atoms with Crippen molar-refractivity contribution in [3.05, 3.63) is 92.9 Å². The zero-order valence-electron chi connectivity index (χ0n) is 23.1. The maximum absolute atomic E-state index is 15.2. The number of carbonyl (C=O) groups excluding carboxylic acids is 1. The number of H-pyrrole nitrogens is 1. The molecule has 0 saturated heterocycles. The molecule has 0 spiro atoms. The summed E-state index contributed by atoms with van der Waals surface area (Å²) in [6.07, 6.45) is 1.45. The third-order valence-corrected chi connectivity index (χ3v) is 6.28. The van der Waals surface area contributed by atoms with Crippen LogP contribution in [-0.4, -0.2) is 53.2 Å². The first-order valence-corrected chi connectivity index (χ1v) is 13.1. The molecule has 15 heteroatoms. The quantitative estimate of drug-likeness (QED) is 0.200. The number of aromatic amines is 1. The predicted molar refractivity (Wildman–Crippen MR) is 153 cm³/mol. The molecular formula is C28H26F2N8O5. The lowest BCUT2D eigenvalue weighted by Crippen LogP contribution is -2.45. The van der Waals surface area contributed by atoms with Gasteiger partial charge < -0.3 is 20.5 Å². The summed E-state index contributed by atoms with van der Waals surface area (Å²) in [5.74, 6) is -2.01. The van der Waals surface area contributed by atoms with Crippen molar-refractivity contribution < 1.29 is 23.4 Å². The van der Waals surface area contributed by atoms with Gasteiger partial charge in [0.05, 0.1) is 18.3 Å². The number of hydrogen-bond acceptors (Lipinski definition) is 9. The van der Waals surface area contributed by atoms with Gasteiger partial charge in [0.1, 0.15) is 17.0 Å². The zero-order chi connectivity index (χ0) is 30.8. The standard InChI is InChI=1S/C28H26F2N8O5/c1-14(2)38-28(42)37(18-7-4-16(29)5-8-18)27(41)23(36-38)26(40)33-17-6-9-20(19(30)12-17)43-21-10-11-31-24-22(21)25(35-34-24)32-15(3)13-39/h4-12,14-15,39H,13H2,1-3H3,(H,33,40)(H2,31,32,34,35)/t15-/m0/s1. The Morgan fingerprint density at radius 2 is 1.81 bits per heavy atom. The van der Waals surface area contributed by atoms with Crippen LogP contribution in [0.4, 0.5) is 20.3 Å². The Kier molecular flexibility index (Phi) is 7.98. The van der Waals surface area contributed by atoms with Crippen LogP contribution in [0.1, 0.15) is 37.3 Å². The fourth-order valence-electron chi connectivity index (χ4n) is 4.15. The lowest BCUT2D eigenvalue weighted by atomic mass is 10.2. The van der Waals surface area contributed by atoms with E-state index in [2.05, 4.69) is 30.9 Å². The van der Waals surface area contributed by atoms with Gasteiger partial charge in [0.25, 0.3) is 11.5 Å². The van der Waals surface area contributed by atoms with Crippen LogP contribution in [0, 0.1) is 11.6 Å². The average molecular weight is 593 g/mol.